The van der Waals surface area contributed by atoms with Gasteiger partial charge in [0.25, 0.3) is 0 Å². The fourth-order valence-corrected chi connectivity index (χ4v) is 6.07. The Hall–Kier alpha value is -3.24. The number of rotatable bonds is 11. The van der Waals surface area contributed by atoms with E-state index in [0.29, 0.717) is 0 Å². The number of hydrogen-bond donors (Lipinski definition) is 1. The maximum atomic E-state index is 14.7. The zero-order valence-electron chi connectivity index (χ0n) is 22.3. The first-order chi connectivity index (χ1) is 19.1. The third-order valence-electron chi connectivity index (χ3n) is 7.04. The lowest BCUT2D eigenvalue weighted by Crippen LogP contribution is -2.54. The second kappa shape index (κ2) is 13.4. The molecule has 1 atom stereocenters. The molecule has 212 valence electrons. The van der Waals surface area contributed by atoms with E-state index in [1.165, 1.54) is 23.1 Å². The maximum Gasteiger partial charge on any atom is 0.244 e. The van der Waals surface area contributed by atoms with Crippen molar-refractivity contribution in [1.29, 1.82) is 0 Å². The molecule has 0 saturated heterocycles. The van der Waals surface area contributed by atoms with Crippen LogP contribution in [0.1, 0.15) is 36.8 Å². The number of carbonyl (C=O) groups excluding carboxylic acids is 2. The Labute approximate surface area is 243 Å². The summed E-state index contributed by atoms with van der Waals surface area (Å²) in [6.07, 6.45) is 4.98. The zero-order chi connectivity index (χ0) is 28.7. The number of nitrogens with zero attached hydrogens (tertiary/aromatic N) is 2. The fraction of sp³-hybridized carbons (Fsp3) is 0.333. The highest BCUT2D eigenvalue weighted by Gasteiger charge is 2.34. The molecule has 1 fully saturated rings. The second-order valence-corrected chi connectivity index (χ2v) is 12.9. The Bertz CT molecular complexity index is 1410. The van der Waals surface area contributed by atoms with Gasteiger partial charge in [-0.15, -0.1) is 0 Å². The summed E-state index contributed by atoms with van der Waals surface area (Å²) in [6.45, 7) is -0.588. The van der Waals surface area contributed by atoms with Crippen LogP contribution in [0.15, 0.2) is 83.3 Å². The zero-order valence-corrected chi connectivity index (χ0v) is 24.7. The fourth-order valence-electron chi connectivity index (χ4n) is 4.96. The van der Waals surface area contributed by atoms with Crippen LogP contribution >= 0.6 is 15.9 Å². The number of amides is 2. The second-order valence-electron chi connectivity index (χ2n) is 10.1. The van der Waals surface area contributed by atoms with Crippen molar-refractivity contribution in [2.75, 3.05) is 17.1 Å². The predicted octanol–water partition coefficient (Wildman–Crippen LogP) is 5.05. The number of sulfonamides is 1. The first-order valence-electron chi connectivity index (χ1n) is 13.2. The van der Waals surface area contributed by atoms with E-state index in [-0.39, 0.29) is 30.6 Å². The summed E-state index contributed by atoms with van der Waals surface area (Å²) < 4.78 is 41.9. The van der Waals surface area contributed by atoms with Crippen LogP contribution < -0.4 is 9.62 Å². The van der Waals surface area contributed by atoms with Crippen LogP contribution in [0.5, 0.6) is 0 Å². The first kappa shape index (κ1) is 29.7. The summed E-state index contributed by atoms with van der Waals surface area (Å²) in [5.41, 5.74) is 1.40. The standard InChI is InChI=1S/C30H33BrFN3O4S/c1-40(38,39)35(27-14-8-7-13-26(27)32)21-29(36)34(20-23-15-17-24(31)18-16-23)28(19-22-9-3-2-4-10-22)30(37)33-25-11-5-6-12-25/h2-4,7-10,13-18,25,28H,5-6,11-12,19-21H2,1H3,(H,33,37)/t28-/m0/s1. The Morgan fingerprint density at radius 3 is 2.20 bits per heavy atom. The Morgan fingerprint density at radius 1 is 0.950 bits per heavy atom. The van der Waals surface area contributed by atoms with Crippen LogP contribution in [0.3, 0.4) is 0 Å². The molecule has 0 heterocycles. The molecule has 0 bridgehead atoms. The number of carbonyl (C=O) groups is 2. The van der Waals surface area contributed by atoms with Crippen LogP contribution in [0.4, 0.5) is 10.1 Å². The minimum atomic E-state index is -4.03. The van der Waals surface area contributed by atoms with Gasteiger partial charge in [0.1, 0.15) is 18.4 Å². The van der Waals surface area contributed by atoms with Crippen molar-refractivity contribution >= 4 is 43.5 Å². The lowest BCUT2D eigenvalue weighted by Gasteiger charge is -2.34. The van der Waals surface area contributed by atoms with Gasteiger partial charge in [-0.1, -0.05) is 83.4 Å². The van der Waals surface area contributed by atoms with Crippen LogP contribution in [0.2, 0.25) is 0 Å². The Kier molecular flexibility index (Phi) is 9.97. The van der Waals surface area contributed by atoms with Gasteiger partial charge in [-0.25, -0.2) is 12.8 Å². The molecule has 40 heavy (non-hydrogen) atoms. The monoisotopic (exact) mass is 629 g/mol. The molecule has 1 aliphatic carbocycles. The average molecular weight is 631 g/mol. The molecule has 3 aromatic rings. The third-order valence-corrected chi connectivity index (χ3v) is 8.69. The minimum Gasteiger partial charge on any atom is -0.352 e. The van der Waals surface area contributed by atoms with Crippen molar-refractivity contribution in [2.24, 2.45) is 0 Å². The molecular formula is C30H33BrFN3O4S. The van der Waals surface area contributed by atoms with E-state index in [2.05, 4.69) is 21.2 Å². The molecule has 0 aromatic heterocycles. The van der Waals surface area contributed by atoms with Gasteiger partial charge in [-0.3, -0.25) is 13.9 Å². The van der Waals surface area contributed by atoms with E-state index >= 15 is 0 Å². The number of halogens is 2. The molecule has 10 heteroatoms. The van der Waals surface area contributed by atoms with Gasteiger partial charge in [-0.2, -0.15) is 0 Å². The highest BCUT2D eigenvalue weighted by atomic mass is 79.9. The number of anilines is 1. The summed E-state index contributed by atoms with van der Waals surface area (Å²) in [5.74, 6) is -1.67. The van der Waals surface area contributed by atoms with Gasteiger partial charge >= 0.3 is 0 Å². The molecule has 0 unspecified atom stereocenters. The Balaban J connectivity index is 1.72. The third kappa shape index (κ3) is 7.91. The average Bonchev–Trinajstić information content (AvgIpc) is 3.43. The van der Waals surface area contributed by atoms with Gasteiger partial charge in [-0.05, 0) is 48.2 Å². The van der Waals surface area contributed by atoms with Crippen molar-refractivity contribution in [3.8, 4) is 0 Å². The molecule has 4 rings (SSSR count). The molecule has 0 radical (unpaired) electrons. The van der Waals surface area contributed by atoms with Gasteiger partial charge in [0.2, 0.25) is 21.8 Å². The minimum absolute atomic E-state index is 0.0290. The van der Waals surface area contributed by atoms with Crippen LogP contribution in [-0.2, 0) is 32.6 Å². The van der Waals surface area contributed by atoms with E-state index < -0.39 is 34.3 Å². The summed E-state index contributed by atoms with van der Waals surface area (Å²) in [4.78, 5) is 29.3. The maximum absolute atomic E-state index is 14.7. The lowest BCUT2D eigenvalue weighted by atomic mass is 10.0. The molecular weight excluding hydrogens is 597 g/mol. The molecule has 2 amide bonds. The van der Waals surface area contributed by atoms with Gasteiger partial charge in [0.05, 0.1) is 11.9 Å². The normalized spacial score (nSPS) is 14.5. The molecule has 7 nitrogen and oxygen atoms in total. The lowest BCUT2D eigenvalue weighted by molar-refractivity contribution is -0.140. The number of nitrogens with one attached hydrogen (secondary N) is 1. The van der Waals surface area contributed by atoms with E-state index in [9.17, 15) is 22.4 Å². The Morgan fingerprint density at radius 2 is 1.57 bits per heavy atom. The molecule has 1 N–H and O–H groups in total. The predicted molar refractivity (Wildman–Crippen MR) is 158 cm³/mol. The van der Waals surface area contributed by atoms with Crippen LogP contribution in [0, 0.1) is 5.82 Å². The molecule has 1 saturated carbocycles. The van der Waals surface area contributed by atoms with E-state index in [0.717, 1.165) is 57.9 Å². The van der Waals surface area contributed by atoms with Crippen molar-refractivity contribution in [3.05, 3.63) is 100 Å². The summed E-state index contributed by atoms with van der Waals surface area (Å²) >= 11 is 3.42. The molecule has 3 aromatic carbocycles. The van der Waals surface area contributed by atoms with Crippen molar-refractivity contribution < 1.29 is 22.4 Å². The highest BCUT2D eigenvalue weighted by Crippen LogP contribution is 2.24. The summed E-state index contributed by atoms with van der Waals surface area (Å²) in [5, 5.41) is 3.12. The highest BCUT2D eigenvalue weighted by molar-refractivity contribution is 9.10. The molecule has 1 aliphatic rings. The van der Waals surface area contributed by atoms with Crippen LogP contribution in [-0.4, -0.2) is 50.0 Å². The SMILES string of the molecule is CS(=O)(=O)N(CC(=O)N(Cc1ccc(Br)cc1)[C@@H](Cc1ccccc1)C(=O)NC1CCCC1)c1ccccc1F. The largest absolute Gasteiger partial charge is 0.352 e. The number of para-hydroxylation sites is 1. The quantitative estimate of drug-likeness (QED) is 0.321. The van der Waals surface area contributed by atoms with E-state index in [4.69, 9.17) is 0 Å². The van der Waals surface area contributed by atoms with Crippen molar-refractivity contribution in [3.63, 3.8) is 0 Å². The van der Waals surface area contributed by atoms with Gasteiger partial charge in [0, 0.05) is 23.5 Å². The van der Waals surface area contributed by atoms with E-state index in [1.807, 2.05) is 54.6 Å². The van der Waals surface area contributed by atoms with Gasteiger partial charge < -0.3 is 10.2 Å². The number of hydrogen-bond acceptors (Lipinski definition) is 4. The van der Waals surface area contributed by atoms with E-state index in [1.54, 1.807) is 0 Å². The van der Waals surface area contributed by atoms with Gasteiger partial charge in [0.15, 0.2) is 0 Å². The van der Waals surface area contributed by atoms with Crippen molar-refractivity contribution in [1.82, 2.24) is 10.2 Å². The smallest absolute Gasteiger partial charge is 0.244 e. The van der Waals surface area contributed by atoms with Crippen molar-refractivity contribution in [2.45, 2.75) is 50.7 Å². The molecule has 0 spiro atoms. The summed E-state index contributed by atoms with van der Waals surface area (Å²) in [7, 11) is -4.03. The molecule has 0 aliphatic heterocycles. The first-order valence-corrected chi connectivity index (χ1v) is 15.9. The van der Waals surface area contributed by atoms with Crippen LogP contribution in [0.25, 0.3) is 0 Å². The topological polar surface area (TPSA) is 86.8 Å². The number of benzene rings is 3. The summed E-state index contributed by atoms with van der Waals surface area (Å²) in [6, 6.07) is 21.3.